The van der Waals surface area contributed by atoms with Crippen LogP contribution in [0, 0.1) is 5.41 Å². The molecule has 0 aliphatic rings. The Labute approximate surface area is 165 Å². The van der Waals surface area contributed by atoms with Gasteiger partial charge in [-0.15, -0.1) is 0 Å². The van der Waals surface area contributed by atoms with Crippen LogP contribution in [0.5, 0.6) is 5.75 Å². The third kappa shape index (κ3) is 10.8. The predicted octanol–water partition coefficient (Wildman–Crippen LogP) is 2.74. The molecule has 0 aromatic heterocycles. The first-order valence-electron chi connectivity index (χ1n) is 9.74. The van der Waals surface area contributed by atoms with Gasteiger partial charge in [0.15, 0.2) is 5.96 Å². The van der Waals surface area contributed by atoms with E-state index in [-0.39, 0.29) is 5.41 Å². The van der Waals surface area contributed by atoms with Gasteiger partial charge in [-0.2, -0.15) is 0 Å². The fourth-order valence-electron chi connectivity index (χ4n) is 2.84. The number of guanidine groups is 1. The zero-order valence-electron chi connectivity index (χ0n) is 18.0. The van der Waals surface area contributed by atoms with Crippen LogP contribution in [0.4, 0.5) is 0 Å². The first-order valence-corrected chi connectivity index (χ1v) is 9.74. The number of benzene rings is 1. The SMILES string of the molecule is CCOCCCNC(=NCc1ccc(OC)cc1)NCC(C)(C)CN(C)C. The lowest BCUT2D eigenvalue weighted by atomic mass is 9.93. The van der Waals surface area contributed by atoms with E-state index >= 15 is 0 Å². The van der Waals surface area contributed by atoms with Crippen LogP contribution in [-0.4, -0.2) is 64.9 Å². The second-order valence-corrected chi connectivity index (χ2v) is 7.75. The number of rotatable bonds is 12. The summed E-state index contributed by atoms with van der Waals surface area (Å²) in [5.74, 6) is 1.70. The lowest BCUT2D eigenvalue weighted by Crippen LogP contribution is -2.45. The van der Waals surface area contributed by atoms with Crippen molar-refractivity contribution in [2.24, 2.45) is 10.4 Å². The first-order chi connectivity index (χ1) is 12.9. The monoisotopic (exact) mass is 378 g/mol. The second kappa shape index (κ2) is 12.6. The Morgan fingerprint density at radius 2 is 1.85 bits per heavy atom. The molecule has 1 aromatic carbocycles. The topological polar surface area (TPSA) is 58.1 Å². The van der Waals surface area contributed by atoms with Gasteiger partial charge in [0.2, 0.25) is 0 Å². The number of hydrogen-bond donors (Lipinski definition) is 2. The highest BCUT2D eigenvalue weighted by Gasteiger charge is 2.19. The Morgan fingerprint density at radius 1 is 1.15 bits per heavy atom. The van der Waals surface area contributed by atoms with E-state index < -0.39 is 0 Å². The highest BCUT2D eigenvalue weighted by Crippen LogP contribution is 2.14. The molecular formula is C21H38N4O2. The van der Waals surface area contributed by atoms with Gasteiger partial charge in [0.05, 0.1) is 13.7 Å². The molecule has 1 rings (SSSR count). The van der Waals surface area contributed by atoms with Gasteiger partial charge < -0.3 is 25.0 Å². The van der Waals surface area contributed by atoms with E-state index in [0.29, 0.717) is 6.54 Å². The molecule has 0 aliphatic carbocycles. The molecular weight excluding hydrogens is 340 g/mol. The average Bonchev–Trinajstić information content (AvgIpc) is 2.62. The zero-order chi connectivity index (χ0) is 20.1. The van der Waals surface area contributed by atoms with E-state index in [9.17, 15) is 0 Å². The van der Waals surface area contributed by atoms with Gasteiger partial charge in [0, 0.05) is 32.8 Å². The number of nitrogens with zero attached hydrogens (tertiary/aromatic N) is 2. The summed E-state index contributed by atoms with van der Waals surface area (Å²) in [6.07, 6.45) is 0.957. The summed E-state index contributed by atoms with van der Waals surface area (Å²) in [5.41, 5.74) is 1.30. The minimum atomic E-state index is 0.150. The predicted molar refractivity (Wildman–Crippen MR) is 114 cm³/mol. The summed E-state index contributed by atoms with van der Waals surface area (Å²) in [6, 6.07) is 8.03. The number of ether oxygens (including phenoxy) is 2. The molecule has 0 atom stereocenters. The highest BCUT2D eigenvalue weighted by molar-refractivity contribution is 5.79. The van der Waals surface area contributed by atoms with E-state index in [2.05, 4.69) is 43.5 Å². The van der Waals surface area contributed by atoms with E-state index in [4.69, 9.17) is 14.5 Å². The highest BCUT2D eigenvalue weighted by atomic mass is 16.5. The molecule has 0 heterocycles. The maximum atomic E-state index is 5.41. The molecule has 1 aromatic rings. The lowest BCUT2D eigenvalue weighted by molar-refractivity contribution is 0.145. The van der Waals surface area contributed by atoms with Crippen molar-refractivity contribution in [3.05, 3.63) is 29.8 Å². The fraction of sp³-hybridized carbons (Fsp3) is 0.667. The minimum Gasteiger partial charge on any atom is -0.497 e. The lowest BCUT2D eigenvalue weighted by Gasteiger charge is -2.29. The molecule has 0 aliphatic heterocycles. The van der Waals surface area contributed by atoms with E-state index in [1.165, 1.54) is 0 Å². The van der Waals surface area contributed by atoms with Gasteiger partial charge >= 0.3 is 0 Å². The molecule has 0 radical (unpaired) electrons. The van der Waals surface area contributed by atoms with Crippen LogP contribution in [0.25, 0.3) is 0 Å². The Bertz CT molecular complexity index is 542. The summed E-state index contributed by atoms with van der Waals surface area (Å²) in [7, 11) is 5.88. The van der Waals surface area contributed by atoms with E-state index in [1.54, 1.807) is 7.11 Å². The standard InChI is InChI=1S/C21H38N4O2/c1-7-27-14-8-13-22-20(24-16-21(2,3)17-25(4)5)23-15-18-9-11-19(26-6)12-10-18/h9-12H,7-8,13-17H2,1-6H3,(H2,22,23,24). The van der Waals surface area contributed by atoms with Crippen molar-refractivity contribution in [2.75, 3.05) is 54.1 Å². The second-order valence-electron chi connectivity index (χ2n) is 7.75. The summed E-state index contributed by atoms with van der Waals surface area (Å²) in [5, 5.41) is 6.91. The molecule has 2 N–H and O–H groups in total. The molecule has 0 saturated carbocycles. The largest absolute Gasteiger partial charge is 0.497 e. The maximum Gasteiger partial charge on any atom is 0.191 e. The van der Waals surface area contributed by atoms with Crippen LogP contribution in [0.2, 0.25) is 0 Å². The van der Waals surface area contributed by atoms with Gasteiger partial charge in [-0.3, -0.25) is 0 Å². The van der Waals surface area contributed by atoms with E-state index in [1.807, 2.05) is 31.2 Å². The van der Waals surface area contributed by atoms with Gasteiger partial charge in [-0.05, 0) is 50.6 Å². The van der Waals surface area contributed by atoms with Crippen molar-refractivity contribution < 1.29 is 9.47 Å². The molecule has 6 heteroatoms. The fourth-order valence-corrected chi connectivity index (χ4v) is 2.84. The molecule has 6 nitrogen and oxygen atoms in total. The Kier molecular flexibility index (Phi) is 10.8. The molecule has 0 unspecified atom stereocenters. The number of hydrogen-bond acceptors (Lipinski definition) is 4. The number of aliphatic imine (C=N–C) groups is 1. The molecule has 27 heavy (non-hydrogen) atoms. The smallest absolute Gasteiger partial charge is 0.191 e. The minimum absolute atomic E-state index is 0.150. The quantitative estimate of drug-likeness (QED) is 0.333. The summed E-state index contributed by atoms with van der Waals surface area (Å²) in [4.78, 5) is 6.96. The molecule has 0 fully saturated rings. The van der Waals surface area contributed by atoms with Crippen LogP contribution >= 0.6 is 0 Å². The Balaban J connectivity index is 2.64. The van der Waals surface area contributed by atoms with Gasteiger partial charge in [0.1, 0.15) is 5.75 Å². The van der Waals surface area contributed by atoms with Crippen molar-refractivity contribution in [3.63, 3.8) is 0 Å². The molecule has 0 spiro atoms. The van der Waals surface area contributed by atoms with Gasteiger partial charge in [-0.1, -0.05) is 26.0 Å². The molecule has 0 saturated heterocycles. The van der Waals surface area contributed by atoms with Crippen LogP contribution < -0.4 is 15.4 Å². The van der Waals surface area contributed by atoms with Gasteiger partial charge in [-0.25, -0.2) is 4.99 Å². The van der Waals surface area contributed by atoms with Crippen molar-refractivity contribution >= 4 is 5.96 Å². The summed E-state index contributed by atoms with van der Waals surface area (Å²) in [6.45, 7) is 11.4. The van der Waals surface area contributed by atoms with Crippen LogP contribution in [0.1, 0.15) is 32.8 Å². The molecule has 0 bridgehead atoms. The van der Waals surface area contributed by atoms with Crippen molar-refractivity contribution in [2.45, 2.75) is 33.7 Å². The van der Waals surface area contributed by atoms with Crippen LogP contribution in [0.15, 0.2) is 29.3 Å². The van der Waals surface area contributed by atoms with Crippen molar-refractivity contribution in [1.29, 1.82) is 0 Å². The maximum absolute atomic E-state index is 5.41. The third-order valence-corrected chi connectivity index (χ3v) is 4.02. The number of methoxy groups -OCH3 is 1. The molecule has 0 amide bonds. The number of nitrogens with one attached hydrogen (secondary N) is 2. The molecule has 154 valence electrons. The van der Waals surface area contributed by atoms with Crippen LogP contribution in [0.3, 0.4) is 0 Å². The first kappa shape index (κ1) is 23.2. The van der Waals surface area contributed by atoms with Crippen molar-refractivity contribution in [3.8, 4) is 5.75 Å². The Morgan fingerprint density at radius 3 is 2.44 bits per heavy atom. The normalized spacial score (nSPS) is 12.3. The van der Waals surface area contributed by atoms with Crippen LogP contribution in [-0.2, 0) is 11.3 Å². The summed E-state index contributed by atoms with van der Waals surface area (Å²) < 4.78 is 10.6. The zero-order valence-corrected chi connectivity index (χ0v) is 18.0. The van der Waals surface area contributed by atoms with Crippen molar-refractivity contribution in [1.82, 2.24) is 15.5 Å². The third-order valence-electron chi connectivity index (χ3n) is 4.02. The van der Waals surface area contributed by atoms with E-state index in [0.717, 1.165) is 56.5 Å². The summed E-state index contributed by atoms with van der Waals surface area (Å²) >= 11 is 0. The van der Waals surface area contributed by atoms with Gasteiger partial charge in [0.25, 0.3) is 0 Å². The Hall–Kier alpha value is -1.79. The average molecular weight is 379 g/mol.